The zero-order chi connectivity index (χ0) is 14.8. The van der Waals surface area contributed by atoms with Crippen molar-refractivity contribution < 1.29 is 9.32 Å². The van der Waals surface area contributed by atoms with Crippen LogP contribution in [0.1, 0.15) is 12.7 Å². The van der Waals surface area contributed by atoms with Gasteiger partial charge in [-0.1, -0.05) is 0 Å². The van der Waals surface area contributed by atoms with Crippen LogP contribution in [0.4, 0.5) is 0 Å². The van der Waals surface area contributed by atoms with Gasteiger partial charge in [-0.3, -0.25) is 0 Å². The fourth-order valence-corrected chi connectivity index (χ4v) is 5.21. The quantitative estimate of drug-likeness (QED) is 0.831. The first kappa shape index (κ1) is 15.1. The summed E-state index contributed by atoms with van der Waals surface area (Å²) in [6, 6.07) is 10.5. The summed E-state index contributed by atoms with van der Waals surface area (Å²) < 4.78 is 6.71. The van der Waals surface area contributed by atoms with Crippen LogP contribution in [0.5, 0.6) is 0 Å². The molecule has 2 aromatic rings. The molecule has 2 rings (SSSR count). The second kappa shape index (κ2) is 5.99. The van der Waals surface area contributed by atoms with Crippen molar-refractivity contribution >= 4 is 27.9 Å². The SMILES string of the molecule is CC(=O)NCc1cc(-c2cc[c]([Sn]([CH3])([CH3])[CH3])cc2)no1. The van der Waals surface area contributed by atoms with Gasteiger partial charge in [0.15, 0.2) is 0 Å². The number of nitrogens with one attached hydrogen (secondary N) is 1. The number of nitrogens with zero attached hydrogens (tertiary/aromatic N) is 1. The monoisotopic (exact) mass is 380 g/mol. The summed E-state index contributed by atoms with van der Waals surface area (Å²) in [7, 11) is 0. The zero-order valence-corrected chi connectivity index (χ0v) is 15.2. The van der Waals surface area contributed by atoms with Crippen LogP contribution in [0.3, 0.4) is 0 Å². The molecule has 0 aliphatic rings. The molecule has 5 heteroatoms. The third-order valence-corrected chi connectivity index (χ3v) is 9.01. The number of hydrogen-bond donors (Lipinski definition) is 1. The molecule has 1 amide bonds. The molecule has 0 saturated heterocycles. The Labute approximate surface area is 123 Å². The fourth-order valence-electron chi connectivity index (χ4n) is 1.88. The molecule has 20 heavy (non-hydrogen) atoms. The van der Waals surface area contributed by atoms with E-state index in [9.17, 15) is 4.79 Å². The standard InChI is InChI=1S/C12H11N2O2.3CH3.Sn/c1-9(15)13-8-11-7-12(14-16-11)10-5-3-2-4-6-10;;;;/h3-7H,8H2,1H3,(H,13,15);3*1H3;. The normalized spacial score (nSPS) is 11.4. The molecule has 0 saturated carbocycles. The van der Waals surface area contributed by atoms with Gasteiger partial charge in [-0.15, -0.1) is 0 Å². The zero-order valence-electron chi connectivity index (χ0n) is 12.4. The molecule has 0 aliphatic carbocycles. The van der Waals surface area contributed by atoms with Gasteiger partial charge in [0.1, 0.15) is 0 Å². The summed E-state index contributed by atoms with van der Waals surface area (Å²) in [5.74, 6) is 0.583. The van der Waals surface area contributed by atoms with E-state index in [-0.39, 0.29) is 5.91 Å². The predicted octanol–water partition coefficient (Wildman–Crippen LogP) is 2.52. The molecule has 1 N–H and O–H groups in total. The maximum atomic E-state index is 10.9. The summed E-state index contributed by atoms with van der Waals surface area (Å²) in [4.78, 5) is 18.0. The second-order valence-electron chi connectivity index (χ2n) is 5.92. The van der Waals surface area contributed by atoms with Crippen LogP contribution in [0.25, 0.3) is 11.3 Å². The van der Waals surface area contributed by atoms with Crippen LogP contribution in [-0.2, 0) is 11.3 Å². The number of carbonyl (C=O) groups is 1. The van der Waals surface area contributed by atoms with Gasteiger partial charge in [0.2, 0.25) is 0 Å². The van der Waals surface area contributed by atoms with Crippen LogP contribution in [-0.4, -0.2) is 29.4 Å². The molecular formula is C15H20N2O2Sn. The maximum absolute atomic E-state index is 10.9. The van der Waals surface area contributed by atoms with E-state index in [4.69, 9.17) is 4.52 Å². The van der Waals surface area contributed by atoms with E-state index in [0.717, 1.165) is 11.3 Å². The number of benzene rings is 1. The number of rotatable bonds is 4. The van der Waals surface area contributed by atoms with E-state index in [1.807, 2.05) is 6.07 Å². The average molecular weight is 379 g/mol. The molecule has 0 atom stereocenters. The first-order chi connectivity index (χ1) is 9.36. The van der Waals surface area contributed by atoms with Gasteiger partial charge < -0.3 is 0 Å². The van der Waals surface area contributed by atoms with Crippen molar-refractivity contribution in [3.63, 3.8) is 0 Å². The first-order valence-corrected chi connectivity index (χ1v) is 16.7. The second-order valence-corrected chi connectivity index (χ2v) is 20.4. The molecular weight excluding hydrogens is 359 g/mol. The van der Waals surface area contributed by atoms with Crippen molar-refractivity contribution in [1.82, 2.24) is 10.5 Å². The molecule has 0 unspecified atom stereocenters. The van der Waals surface area contributed by atoms with E-state index in [0.29, 0.717) is 12.3 Å². The van der Waals surface area contributed by atoms with Gasteiger partial charge >= 0.3 is 123 Å². The fraction of sp³-hybridized carbons (Fsp3) is 0.333. The van der Waals surface area contributed by atoms with Crippen LogP contribution in [0.2, 0.25) is 14.8 Å². The molecule has 0 aliphatic heterocycles. The predicted molar refractivity (Wildman–Crippen MR) is 82.4 cm³/mol. The summed E-state index contributed by atoms with van der Waals surface area (Å²) in [5.41, 5.74) is 1.85. The van der Waals surface area contributed by atoms with Crippen LogP contribution in [0, 0.1) is 0 Å². The Kier molecular flexibility index (Phi) is 4.52. The van der Waals surface area contributed by atoms with Crippen molar-refractivity contribution in [3.05, 3.63) is 36.1 Å². The molecule has 0 radical (unpaired) electrons. The van der Waals surface area contributed by atoms with Gasteiger partial charge in [-0.05, 0) is 0 Å². The van der Waals surface area contributed by atoms with Crippen LogP contribution >= 0.6 is 0 Å². The van der Waals surface area contributed by atoms with Gasteiger partial charge in [-0.25, -0.2) is 0 Å². The third-order valence-electron chi connectivity index (χ3n) is 3.12. The van der Waals surface area contributed by atoms with Crippen molar-refractivity contribution in [2.75, 3.05) is 0 Å². The van der Waals surface area contributed by atoms with Crippen LogP contribution in [0.15, 0.2) is 34.9 Å². The molecule has 4 nitrogen and oxygen atoms in total. The Morgan fingerprint density at radius 2 is 1.90 bits per heavy atom. The Morgan fingerprint density at radius 1 is 1.25 bits per heavy atom. The van der Waals surface area contributed by atoms with Crippen LogP contribution < -0.4 is 8.90 Å². The molecule has 0 fully saturated rings. The molecule has 1 aromatic carbocycles. The molecule has 0 bridgehead atoms. The number of amides is 1. The van der Waals surface area contributed by atoms with Crippen molar-refractivity contribution in [1.29, 1.82) is 0 Å². The van der Waals surface area contributed by atoms with E-state index in [2.05, 4.69) is 49.6 Å². The van der Waals surface area contributed by atoms with E-state index < -0.39 is 18.4 Å². The number of aromatic nitrogens is 1. The molecule has 0 spiro atoms. The summed E-state index contributed by atoms with van der Waals surface area (Å²) >= 11 is -1.99. The number of hydrogen-bond acceptors (Lipinski definition) is 3. The minimum atomic E-state index is -1.99. The van der Waals surface area contributed by atoms with Crippen molar-refractivity contribution in [3.8, 4) is 11.3 Å². The average Bonchev–Trinajstić information content (AvgIpc) is 2.84. The first-order valence-electron chi connectivity index (χ1n) is 6.67. The van der Waals surface area contributed by atoms with Crippen molar-refractivity contribution in [2.45, 2.75) is 28.3 Å². The van der Waals surface area contributed by atoms with Gasteiger partial charge in [0.05, 0.1) is 0 Å². The minimum absolute atomic E-state index is 0.0787. The van der Waals surface area contributed by atoms with Gasteiger partial charge in [0.25, 0.3) is 0 Å². The summed E-state index contributed by atoms with van der Waals surface area (Å²) in [6.07, 6.45) is 0. The van der Waals surface area contributed by atoms with Gasteiger partial charge in [-0.2, -0.15) is 0 Å². The van der Waals surface area contributed by atoms with E-state index in [1.165, 1.54) is 10.5 Å². The Bertz CT molecular complexity index is 597. The van der Waals surface area contributed by atoms with Crippen molar-refractivity contribution in [2.24, 2.45) is 0 Å². The van der Waals surface area contributed by atoms with E-state index in [1.54, 1.807) is 0 Å². The Balaban J connectivity index is 2.14. The summed E-state index contributed by atoms with van der Waals surface area (Å²) in [6.45, 7) is 1.85. The van der Waals surface area contributed by atoms with Gasteiger partial charge in [0, 0.05) is 0 Å². The molecule has 106 valence electrons. The topological polar surface area (TPSA) is 55.1 Å². The Hall–Kier alpha value is -1.30. The van der Waals surface area contributed by atoms with E-state index >= 15 is 0 Å². The summed E-state index contributed by atoms with van der Waals surface area (Å²) in [5, 5.41) is 6.74. The number of carbonyl (C=O) groups excluding carboxylic acids is 1. The molecule has 1 heterocycles. The Morgan fingerprint density at radius 3 is 2.45 bits per heavy atom. The third kappa shape index (κ3) is 3.85. The molecule has 1 aromatic heterocycles.